The number of methoxy groups -OCH3 is 1. The third-order valence-corrected chi connectivity index (χ3v) is 9.23. The van der Waals surface area contributed by atoms with Crippen LogP contribution < -0.4 is 0 Å². The van der Waals surface area contributed by atoms with Crippen LogP contribution in [0.15, 0.2) is 23.1 Å². The minimum absolute atomic E-state index is 0.0364. The molecule has 1 saturated carbocycles. The van der Waals surface area contributed by atoms with E-state index in [4.69, 9.17) is 14.2 Å². The highest BCUT2D eigenvalue weighted by Crippen LogP contribution is 2.49. The molecule has 1 aromatic rings. The van der Waals surface area contributed by atoms with Gasteiger partial charge in [-0.1, -0.05) is 26.3 Å². The molecule has 1 unspecified atom stereocenters. The van der Waals surface area contributed by atoms with Crippen molar-refractivity contribution in [3.8, 4) is 0 Å². The predicted octanol–water partition coefficient (Wildman–Crippen LogP) is 4.04. The van der Waals surface area contributed by atoms with Gasteiger partial charge < -0.3 is 24.4 Å². The summed E-state index contributed by atoms with van der Waals surface area (Å²) in [6, 6.07) is 0. The second-order valence-electron chi connectivity index (χ2n) is 11.3. The van der Waals surface area contributed by atoms with Crippen LogP contribution in [-0.2, 0) is 28.6 Å². The second-order valence-corrected chi connectivity index (χ2v) is 12.3. The number of ether oxygens (including phenoxy) is 3. The lowest BCUT2D eigenvalue weighted by molar-refractivity contribution is -0.168. The molecule has 1 aliphatic carbocycles. The van der Waals surface area contributed by atoms with E-state index in [0.717, 1.165) is 22.7 Å². The number of aliphatic hydroxyl groups is 2. The van der Waals surface area contributed by atoms with E-state index in [1.807, 2.05) is 39.2 Å². The minimum Gasteiger partial charge on any atom is -0.466 e. The highest BCUT2D eigenvalue weighted by molar-refractivity contribution is 7.09. The topological polar surface area (TPSA) is 136 Å². The van der Waals surface area contributed by atoms with E-state index in [2.05, 4.69) is 4.98 Å². The Bertz CT molecular complexity index is 1130. The maximum absolute atomic E-state index is 13.6. The molecule has 222 valence electrons. The molecule has 1 aliphatic heterocycles. The molecule has 0 spiro atoms. The molecule has 2 aliphatic rings. The normalized spacial score (nSPS) is 32.1. The molecule has 9 atom stereocenters. The minimum atomic E-state index is -1.44. The second kappa shape index (κ2) is 13.5. The summed E-state index contributed by atoms with van der Waals surface area (Å²) in [4.78, 5) is 43.3. The van der Waals surface area contributed by atoms with Gasteiger partial charge >= 0.3 is 11.9 Å². The maximum Gasteiger partial charge on any atom is 0.330 e. The van der Waals surface area contributed by atoms with Crippen molar-refractivity contribution in [3.05, 3.63) is 33.8 Å². The standard InChI is InChI=1S/C30H43NO8S/c1-8-9-21-22(10-11-26(33)37-7)30(6,29(36)17(3)28(21)35)25(32)14-27(34)39-23(13-24-18(4)38-24)16(2)12-20-15-40-19(5)31-20/h10-12,15,17-18,21-25,28,32,35H,8-9,13-14H2,1-7H3/b11-10+,16-12+/t17-,18-,21-,22?,23+,24+,25+,28-,30-/m1/s1. The van der Waals surface area contributed by atoms with E-state index in [9.17, 15) is 24.6 Å². The maximum atomic E-state index is 13.6. The molecule has 1 saturated heterocycles. The zero-order chi connectivity index (χ0) is 29.8. The Hall–Kier alpha value is -2.40. The van der Waals surface area contributed by atoms with Gasteiger partial charge in [0.2, 0.25) is 0 Å². The van der Waals surface area contributed by atoms with Gasteiger partial charge in [-0.05, 0) is 57.6 Å². The average molecular weight is 578 g/mol. The van der Waals surface area contributed by atoms with E-state index in [1.165, 1.54) is 30.6 Å². The van der Waals surface area contributed by atoms with E-state index in [0.29, 0.717) is 12.8 Å². The molecular formula is C30H43NO8S. The largest absolute Gasteiger partial charge is 0.466 e. The van der Waals surface area contributed by atoms with Gasteiger partial charge in [0.05, 0.1) is 54.1 Å². The molecule has 0 bridgehead atoms. The number of rotatable bonds is 12. The fourth-order valence-electron chi connectivity index (χ4n) is 5.87. The number of aryl methyl sites for hydroxylation is 1. The number of allylic oxidation sites excluding steroid dienone is 1. The summed E-state index contributed by atoms with van der Waals surface area (Å²) in [5, 5.41) is 25.3. The molecule has 9 nitrogen and oxygen atoms in total. The van der Waals surface area contributed by atoms with Crippen molar-refractivity contribution in [1.82, 2.24) is 4.98 Å². The number of esters is 2. The van der Waals surface area contributed by atoms with Gasteiger partial charge in [-0.15, -0.1) is 11.3 Å². The first-order valence-corrected chi connectivity index (χ1v) is 14.8. The van der Waals surface area contributed by atoms with E-state index in [1.54, 1.807) is 13.8 Å². The van der Waals surface area contributed by atoms with Gasteiger partial charge in [0.1, 0.15) is 11.9 Å². The molecule has 10 heteroatoms. The van der Waals surface area contributed by atoms with Gasteiger partial charge in [-0.3, -0.25) is 9.59 Å². The number of aliphatic hydroxyl groups excluding tert-OH is 2. The lowest BCUT2D eigenvalue weighted by Crippen LogP contribution is -2.59. The average Bonchev–Trinajstić information content (AvgIpc) is 3.45. The summed E-state index contributed by atoms with van der Waals surface area (Å²) in [6.07, 6.45) is 3.07. The molecule has 0 aromatic carbocycles. The van der Waals surface area contributed by atoms with Crippen LogP contribution in [0.1, 0.15) is 71.0 Å². The summed E-state index contributed by atoms with van der Waals surface area (Å²) in [5.41, 5.74) is 0.143. The smallest absolute Gasteiger partial charge is 0.330 e. The summed E-state index contributed by atoms with van der Waals surface area (Å²) in [6.45, 7) is 11.0. The molecular weight excluding hydrogens is 534 g/mol. The summed E-state index contributed by atoms with van der Waals surface area (Å²) >= 11 is 1.53. The molecule has 40 heavy (non-hydrogen) atoms. The van der Waals surface area contributed by atoms with Gasteiger partial charge in [0, 0.05) is 23.8 Å². The number of epoxide rings is 1. The number of carbonyl (C=O) groups is 3. The number of hydrogen-bond donors (Lipinski definition) is 2. The van der Waals surface area contributed by atoms with Crippen molar-refractivity contribution in [3.63, 3.8) is 0 Å². The van der Waals surface area contributed by atoms with Crippen molar-refractivity contribution in [2.75, 3.05) is 7.11 Å². The fraction of sp³-hybridized carbons (Fsp3) is 0.667. The molecule has 2 fully saturated rings. The van der Waals surface area contributed by atoms with Crippen molar-refractivity contribution in [2.24, 2.45) is 23.2 Å². The third kappa shape index (κ3) is 7.26. The number of carbonyl (C=O) groups excluding carboxylic acids is 3. The SMILES string of the molecule is CCC[C@@H]1C(/C=C/C(=O)OC)[C@](C)([C@@H](O)CC(=O)O[C@@H](C[C@@H]2O[C@@H]2C)/C(C)=C/c2csc(C)n2)C(=O)[C@H](C)[C@H]1O. The monoisotopic (exact) mass is 577 g/mol. The highest BCUT2D eigenvalue weighted by atomic mass is 32.1. The van der Waals surface area contributed by atoms with Crippen LogP contribution >= 0.6 is 11.3 Å². The molecule has 3 rings (SSSR count). The van der Waals surface area contributed by atoms with Crippen LogP contribution in [0.5, 0.6) is 0 Å². The number of hydrogen-bond acceptors (Lipinski definition) is 10. The van der Waals surface area contributed by atoms with Gasteiger partial charge in [0.25, 0.3) is 0 Å². The first kappa shape index (κ1) is 32.1. The Labute approximate surface area is 240 Å². The number of Topliss-reactive ketones (excluding diaryl/α,β-unsaturated/α-hetero) is 1. The summed E-state index contributed by atoms with van der Waals surface area (Å²) in [7, 11) is 1.25. The number of nitrogens with zero attached hydrogens (tertiary/aromatic N) is 1. The number of ketones is 1. The van der Waals surface area contributed by atoms with Gasteiger partial charge in [-0.25, -0.2) is 9.78 Å². The lowest BCUT2D eigenvalue weighted by Gasteiger charge is -2.50. The van der Waals surface area contributed by atoms with Crippen LogP contribution in [0.3, 0.4) is 0 Å². The number of thiazole rings is 1. The van der Waals surface area contributed by atoms with Crippen molar-refractivity contribution >= 4 is 35.1 Å². The van der Waals surface area contributed by atoms with E-state index in [-0.39, 0.29) is 18.0 Å². The summed E-state index contributed by atoms with van der Waals surface area (Å²) < 4.78 is 16.2. The molecule has 0 amide bonds. The van der Waals surface area contributed by atoms with E-state index >= 15 is 0 Å². The Morgan fingerprint density at radius 1 is 1.32 bits per heavy atom. The zero-order valence-electron chi connectivity index (χ0n) is 24.5. The molecule has 2 heterocycles. The quantitative estimate of drug-likeness (QED) is 0.214. The lowest BCUT2D eigenvalue weighted by atomic mass is 9.54. The van der Waals surface area contributed by atoms with Crippen molar-refractivity contribution < 1.29 is 38.8 Å². The van der Waals surface area contributed by atoms with Crippen LogP contribution in [0.4, 0.5) is 0 Å². The van der Waals surface area contributed by atoms with Crippen LogP contribution in [0, 0.1) is 30.1 Å². The molecule has 2 N–H and O–H groups in total. The first-order chi connectivity index (χ1) is 18.8. The fourth-order valence-corrected chi connectivity index (χ4v) is 6.44. The van der Waals surface area contributed by atoms with Gasteiger partial charge in [-0.2, -0.15) is 0 Å². The zero-order valence-corrected chi connectivity index (χ0v) is 25.3. The molecule has 1 aromatic heterocycles. The van der Waals surface area contributed by atoms with Crippen molar-refractivity contribution in [1.29, 1.82) is 0 Å². The molecule has 0 radical (unpaired) electrons. The Balaban J connectivity index is 1.85. The van der Waals surface area contributed by atoms with Crippen LogP contribution in [-0.4, -0.2) is 70.5 Å². The Morgan fingerprint density at radius 3 is 2.55 bits per heavy atom. The van der Waals surface area contributed by atoms with Crippen LogP contribution in [0.2, 0.25) is 0 Å². The summed E-state index contributed by atoms with van der Waals surface area (Å²) in [5.74, 6) is -3.46. The number of aromatic nitrogens is 1. The van der Waals surface area contributed by atoms with Crippen molar-refractivity contribution in [2.45, 2.75) is 97.7 Å². The van der Waals surface area contributed by atoms with Gasteiger partial charge in [0.15, 0.2) is 0 Å². The Kier molecular flexibility index (Phi) is 10.8. The van der Waals surface area contributed by atoms with E-state index < -0.39 is 59.8 Å². The predicted molar refractivity (Wildman–Crippen MR) is 151 cm³/mol. The highest BCUT2D eigenvalue weighted by Gasteiger charge is 2.57. The third-order valence-electron chi connectivity index (χ3n) is 8.44. The van der Waals surface area contributed by atoms with Crippen LogP contribution in [0.25, 0.3) is 6.08 Å². The Morgan fingerprint density at radius 2 is 2.00 bits per heavy atom. The first-order valence-electron chi connectivity index (χ1n) is 13.9.